The van der Waals surface area contributed by atoms with Crippen LogP contribution in [0.3, 0.4) is 0 Å². The summed E-state index contributed by atoms with van der Waals surface area (Å²) in [5, 5.41) is 13.5. The molecule has 90 valence electrons. The molecule has 0 spiro atoms. The first-order chi connectivity index (χ1) is 7.58. The summed E-state index contributed by atoms with van der Waals surface area (Å²) in [5.74, 6) is 0. The van der Waals surface area contributed by atoms with E-state index >= 15 is 0 Å². The molecule has 0 amide bonds. The highest BCUT2D eigenvalue weighted by Crippen LogP contribution is 2.27. The summed E-state index contributed by atoms with van der Waals surface area (Å²) in [6, 6.07) is 5.89. The minimum Gasteiger partial charge on any atom is -0.395 e. The lowest BCUT2D eigenvalue weighted by molar-refractivity contribution is 0.239. The van der Waals surface area contributed by atoms with E-state index in [1.165, 1.54) is 0 Å². The van der Waals surface area contributed by atoms with Crippen LogP contribution >= 0.6 is 23.2 Å². The van der Waals surface area contributed by atoms with Gasteiger partial charge in [0.1, 0.15) is 0 Å². The summed E-state index contributed by atoms with van der Waals surface area (Å²) in [6.07, 6.45) is 0.933. The first kappa shape index (κ1) is 13.8. The first-order valence-corrected chi connectivity index (χ1v) is 6.16. The van der Waals surface area contributed by atoms with Gasteiger partial charge < -0.3 is 10.4 Å². The molecule has 1 rings (SSSR count). The molecule has 0 aliphatic rings. The highest BCUT2D eigenvalue weighted by Gasteiger charge is 2.12. The summed E-state index contributed by atoms with van der Waals surface area (Å²) in [7, 11) is 0. The van der Waals surface area contributed by atoms with Gasteiger partial charge in [-0.1, -0.05) is 36.2 Å². The molecule has 0 aliphatic heterocycles. The van der Waals surface area contributed by atoms with E-state index in [0.717, 1.165) is 12.0 Å². The van der Waals surface area contributed by atoms with E-state index in [1.807, 2.05) is 19.1 Å². The Balaban J connectivity index is 2.82. The molecule has 0 saturated heterocycles. The summed E-state index contributed by atoms with van der Waals surface area (Å²) in [5.41, 5.74) is 1.09. The Morgan fingerprint density at radius 1 is 1.31 bits per heavy atom. The second-order valence-corrected chi connectivity index (χ2v) is 4.70. The molecular formula is C12H17Cl2NO. The smallest absolute Gasteiger partial charge is 0.0595 e. The zero-order chi connectivity index (χ0) is 12.1. The largest absolute Gasteiger partial charge is 0.395 e. The third-order valence-electron chi connectivity index (χ3n) is 2.51. The van der Waals surface area contributed by atoms with Gasteiger partial charge in [0.2, 0.25) is 0 Å². The van der Waals surface area contributed by atoms with Gasteiger partial charge in [0.05, 0.1) is 16.7 Å². The molecule has 2 unspecified atom stereocenters. The molecule has 2 atom stereocenters. The van der Waals surface area contributed by atoms with Crippen molar-refractivity contribution < 1.29 is 5.11 Å². The standard InChI is InChI=1S/C12H17Cl2NO/c1-3-12(15-8(2)7-16)9-4-5-10(13)11(14)6-9/h4-6,8,12,15-16H,3,7H2,1-2H3. The van der Waals surface area contributed by atoms with E-state index in [9.17, 15) is 0 Å². The van der Waals surface area contributed by atoms with E-state index in [0.29, 0.717) is 10.0 Å². The number of rotatable bonds is 5. The van der Waals surface area contributed by atoms with Crippen LogP contribution in [0.15, 0.2) is 18.2 Å². The van der Waals surface area contributed by atoms with Crippen LogP contribution in [0.2, 0.25) is 10.0 Å². The lowest BCUT2D eigenvalue weighted by Crippen LogP contribution is -2.32. The number of aliphatic hydroxyl groups is 1. The fourth-order valence-electron chi connectivity index (χ4n) is 1.58. The lowest BCUT2D eigenvalue weighted by atomic mass is 10.0. The number of nitrogens with one attached hydrogen (secondary N) is 1. The molecule has 1 aromatic rings. The maximum atomic E-state index is 9.02. The average Bonchev–Trinajstić information content (AvgIpc) is 2.29. The second-order valence-electron chi connectivity index (χ2n) is 3.88. The molecule has 4 heteroatoms. The van der Waals surface area contributed by atoms with Crippen molar-refractivity contribution in [3.8, 4) is 0 Å². The van der Waals surface area contributed by atoms with Crippen molar-refractivity contribution in [1.29, 1.82) is 0 Å². The number of hydrogen-bond acceptors (Lipinski definition) is 2. The first-order valence-electron chi connectivity index (χ1n) is 5.40. The molecule has 0 fully saturated rings. The van der Waals surface area contributed by atoms with E-state index in [-0.39, 0.29) is 18.7 Å². The Kier molecular flexibility index (Phi) is 5.56. The minimum absolute atomic E-state index is 0.0689. The predicted octanol–water partition coefficient (Wildman–Crippen LogP) is 3.41. The average molecular weight is 262 g/mol. The third kappa shape index (κ3) is 3.63. The van der Waals surface area contributed by atoms with Gasteiger partial charge in [0, 0.05) is 12.1 Å². The Bertz CT molecular complexity index is 344. The van der Waals surface area contributed by atoms with Crippen molar-refractivity contribution in [2.75, 3.05) is 6.61 Å². The van der Waals surface area contributed by atoms with Gasteiger partial charge in [-0.2, -0.15) is 0 Å². The van der Waals surface area contributed by atoms with Crippen LogP contribution in [0, 0.1) is 0 Å². The maximum Gasteiger partial charge on any atom is 0.0595 e. The molecule has 1 aromatic carbocycles. The van der Waals surface area contributed by atoms with E-state index in [2.05, 4.69) is 12.2 Å². The molecule has 0 bridgehead atoms. The van der Waals surface area contributed by atoms with E-state index < -0.39 is 0 Å². The maximum absolute atomic E-state index is 9.02. The molecule has 0 aromatic heterocycles. The minimum atomic E-state index is 0.0689. The van der Waals surface area contributed by atoms with Gasteiger partial charge in [-0.25, -0.2) is 0 Å². The number of hydrogen-bond donors (Lipinski definition) is 2. The fraction of sp³-hybridized carbons (Fsp3) is 0.500. The van der Waals surface area contributed by atoms with E-state index in [1.54, 1.807) is 6.07 Å². The van der Waals surface area contributed by atoms with Crippen LogP contribution < -0.4 is 5.32 Å². The summed E-state index contributed by atoms with van der Waals surface area (Å²) >= 11 is 11.8. The van der Waals surface area contributed by atoms with Crippen LogP contribution in [0.1, 0.15) is 31.9 Å². The monoisotopic (exact) mass is 261 g/mol. The molecule has 2 N–H and O–H groups in total. The fourth-order valence-corrected chi connectivity index (χ4v) is 1.88. The summed E-state index contributed by atoms with van der Waals surface area (Å²) in [4.78, 5) is 0. The molecule has 2 nitrogen and oxygen atoms in total. The van der Waals surface area contributed by atoms with Gasteiger partial charge in [0.25, 0.3) is 0 Å². The van der Waals surface area contributed by atoms with Crippen LogP contribution in [0.4, 0.5) is 0 Å². The molecule has 0 saturated carbocycles. The van der Waals surface area contributed by atoms with Gasteiger partial charge in [-0.15, -0.1) is 0 Å². The quantitative estimate of drug-likeness (QED) is 0.852. The highest BCUT2D eigenvalue weighted by molar-refractivity contribution is 6.42. The Labute approximate surface area is 107 Å². The molecule has 0 heterocycles. The summed E-state index contributed by atoms with van der Waals surface area (Å²) < 4.78 is 0. The molecule has 0 radical (unpaired) electrons. The number of aliphatic hydroxyl groups excluding tert-OH is 1. The van der Waals surface area contributed by atoms with Gasteiger partial charge in [0.15, 0.2) is 0 Å². The van der Waals surface area contributed by atoms with Crippen molar-refractivity contribution in [1.82, 2.24) is 5.32 Å². The van der Waals surface area contributed by atoms with Gasteiger partial charge in [-0.05, 0) is 31.0 Å². The van der Waals surface area contributed by atoms with Crippen LogP contribution in [-0.2, 0) is 0 Å². The SMILES string of the molecule is CCC(NC(C)CO)c1ccc(Cl)c(Cl)c1. The normalized spacial score (nSPS) is 14.8. The topological polar surface area (TPSA) is 32.3 Å². The van der Waals surface area contributed by atoms with Crippen LogP contribution in [0.25, 0.3) is 0 Å². The van der Waals surface area contributed by atoms with Gasteiger partial charge in [-0.3, -0.25) is 0 Å². The zero-order valence-electron chi connectivity index (χ0n) is 9.50. The van der Waals surface area contributed by atoms with E-state index in [4.69, 9.17) is 28.3 Å². The predicted molar refractivity (Wildman–Crippen MR) is 69.2 cm³/mol. The third-order valence-corrected chi connectivity index (χ3v) is 3.25. The zero-order valence-corrected chi connectivity index (χ0v) is 11.0. The second kappa shape index (κ2) is 6.45. The summed E-state index contributed by atoms with van der Waals surface area (Å²) in [6.45, 7) is 4.16. The molecule has 0 aliphatic carbocycles. The van der Waals surface area contributed by atoms with Gasteiger partial charge >= 0.3 is 0 Å². The number of halogens is 2. The van der Waals surface area contributed by atoms with Crippen molar-refractivity contribution in [3.05, 3.63) is 33.8 Å². The lowest BCUT2D eigenvalue weighted by Gasteiger charge is -2.21. The molecule has 16 heavy (non-hydrogen) atoms. The Hall–Kier alpha value is -0.280. The van der Waals surface area contributed by atoms with Crippen molar-refractivity contribution in [3.63, 3.8) is 0 Å². The van der Waals surface area contributed by atoms with Crippen LogP contribution in [0.5, 0.6) is 0 Å². The molecular weight excluding hydrogens is 245 g/mol. The van der Waals surface area contributed by atoms with Crippen molar-refractivity contribution >= 4 is 23.2 Å². The van der Waals surface area contributed by atoms with Crippen molar-refractivity contribution in [2.24, 2.45) is 0 Å². The van der Waals surface area contributed by atoms with Crippen LogP contribution in [-0.4, -0.2) is 17.8 Å². The Morgan fingerprint density at radius 3 is 2.50 bits per heavy atom. The number of benzene rings is 1. The van der Waals surface area contributed by atoms with Crippen molar-refractivity contribution in [2.45, 2.75) is 32.4 Å². The Morgan fingerprint density at radius 2 is 2.00 bits per heavy atom. The highest BCUT2D eigenvalue weighted by atomic mass is 35.5.